The molecule has 7 unspecified atom stereocenters. The minimum absolute atomic E-state index is 0.191. The fraction of sp³-hybridized carbons (Fsp3) is 0.823. The van der Waals surface area contributed by atoms with Crippen LogP contribution in [0.3, 0.4) is 0 Å². The molecule has 9 heteroatoms. The number of ether oxygens (including phenoxy) is 2. The summed E-state index contributed by atoms with van der Waals surface area (Å²) in [5, 5.41) is 54.3. The smallest absolute Gasteiger partial charge is 0.220 e. The van der Waals surface area contributed by atoms with E-state index < -0.39 is 49.5 Å². The number of allylic oxidation sites excluding steroid dienone is 9. The molecule has 0 bridgehead atoms. The van der Waals surface area contributed by atoms with E-state index in [1.165, 1.54) is 193 Å². The van der Waals surface area contributed by atoms with Crippen LogP contribution >= 0.6 is 0 Å². The molecule has 1 saturated heterocycles. The van der Waals surface area contributed by atoms with E-state index in [0.29, 0.717) is 6.42 Å². The van der Waals surface area contributed by atoms with Crippen molar-refractivity contribution in [3.8, 4) is 0 Å². The standard InChI is InChI=1S/C62H113NO8/c1-3-5-7-9-11-13-15-17-18-19-20-21-22-23-24-25-26-27-28-29-30-31-32-33-34-35-36-37-38-40-42-44-46-48-50-52-58(66)63-55(54-70-62-61(69)60(68)59(67)57(53-64)71-62)56(65)51-49-47-45-43-41-39-16-14-12-10-8-6-4-2/h12,14,22-23,25-26,41,43,49,51,55-57,59-62,64-65,67-69H,3-11,13,15-21,24,27-40,42,44-48,50,52-54H2,1-2H3,(H,63,66)/b14-12+,23-22-,26-25-,43-41+,51-49+. The number of carbonyl (C=O) groups is 1. The van der Waals surface area contributed by atoms with Gasteiger partial charge in [-0.05, 0) is 77.0 Å². The zero-order chi connectivity index (χ0) is 51.5. The quantitative estimate of drug-likeness (QED) is 0.0261. The Balaban J connectivity index is 2.10. The van der Waals surface area contributed by atoms with Gasteiger partial charge in [-0.2, -0.15) is 0 Å². The molecule has 9 nitrogen and oxygen atoms in total. The number of rotatable bonds is 51. The van der Waals surface area contributed by atoms with Crippen LogP contribution in [0.1, 0.15) is 271 Å². The number of carbonyl (C=O) groups excluding carboxylic acids is 1. The van der Waals surface area contributed by atoms with Crippen molar-refractivity contribution in [3.05, 3.63) is 60.8 Å². The number of nitrogens with one attached hydrogen (secondary N) is 1. The van der Waals surface area contributed by atoms with E-state index in [1.807, 2.05) is 6.08 Å². The molecular weight excluding hydrogens is 887 g/mol. The van der Waals surface area contributed by atoms with E-state index in [-0.39, 0.29) is 12.5 Å². The van der Waals surface area contributed by atoms with Gasteiger partial charge in [0.1, 0.15) is 24.4 Å². The molecular formula is C62H113NO8. The van der Waals surface area contributed by atoms with Gasteiger partial charge in [-0.15, -0.1) is 0 Å². The fourth-order valence-corrected chi connectivity index (χ4v) is 9.28. The third-order valence-corrected chi connectivity index (χ3v) is 14.0. The molecule has 0 aliphatic carbocycles. The molecule has 0 aromatic carbocycles. The zero-order valence-electron chi connectivity index (χ0n) is 46.0. The largest absolute Gasteiger partial charge is 0.394 e. The first-order valence-corrected chi connectivity index (χ1v) is 30.0. The molecule has 6 N–H and O–H groups in total. The Morgan fingerprint density at radius 3 is 1.30 bits per heavy atom. The van der Waals surface area contributed by atoms with Crippen molar-refractivity contribution in [3.63, 3.8) is 0 Å². The van der Waals surface area contributed by atoms with Gasteiger partial charge < -0.3 is 40.3 Å². The van der Waals surface area contributed by atoms with Gasteiger partial charge in [0.25, 0.3) is 0 Å². The van der Waals surface area contributed by atoms with Crippen molar-refractivity contribution in [2.45, 2.75) is 314 Å². The van der Waals surface area contributed by atoms with E-state index in [0.717, 1.165) is 57.8 Å². The summed E-state index contributed by atoms with van der Waals surface area (Å²) in [5.41, 5.74) is 0. The normalized spacial score (nSPS) is 19.7. The van der Waals surface area contributed by atoms with Crippen LogP contribution in [0.5, 0.6) is 0 Å². The number of hydrogen-bond acceptors (Lipinski definition) is 8. The lowest BCUT2D eigenvalue weighted by molar-refractivity contribution is -0.302. The lowest BCUT2D eigenvalue weighted by Crippen LogP contribution is -2.60. The highest BCUT2D eigenvalue weighted by atomic mass is 16.7. The van der Waals surface area contributed by atoms with Crippen LogP contribution in [0.4, 0.5) is 0 Å². The maximum absolute atomic E-state index is 13.0. The summed E-state index contributed by atoms with van der Waals surface area (Å²) in [4.78, 5) is 13.0. The highest BCUT2D eigenvalue weighted by Crippen LogP contribution is 2.23. The minimum Gasteiger partial charge on any atom is -0.394 e. The molecule has 1 rings (SSSR count). The van der Waals surface area contributed by atoms with Crippen molar-refractivity contribution < 1.29 is 39.8 Å². The lowest BCUT2D eigenvalue weighted by Gasteiger charge is -2.40. The summed E-state index contributed by atoms with van der Waals surface area (Å²) < 4.78 is 11.2. The highest BCUT2D eigenvalue weighted by Gasteiger charge is 2.44. The van der Waals surface area contributed by atoms with Gasteiger partial charge in [0.15, 0.2) is 6.29 Å². The summed E-state index contributed by atoms with van der Waals surface area (Å²) in [7, 11) is 0. The Morgan fingerprint density at radius 2 is 0.845 bits per heavy atom. The SMILES string of the molecule is CCCCC/C=C/CC/C=C/CC/C=C/C(O)C(COC1OC(CO)C(O)C(O)C1O)NC(=O)CCCCCCCCCCCCCCCCCCC/C=C\C/C=C\CCCCCCCCCCCCC. The van der Waals surface area contributed by atoms with Crippen LogP contribution in [-0.4, -0.2) is 87.5 Å². The van der Waals surface area contributed by atoms with Gasteiger partial charge in [-0.25, -0.2) is 0 Å². The van der Waals surface area contributed by atoms with Gasteiger partial charge in [0.05, 0.1) is 25.4 Å². The average Bonchev–Trinajstić information content (AvgIpc) is 3.37. The molecule has 1 aliphatic rings. The van der Waals surface area contributed by atoms with Crippen LogP contribution in [0, 0.1) is 0 Å². The molecule has 1 amide bonds. The molecule has 414 valence electrons. The molecule has 1 aliphatic heterocycles. The van der Waals surface area contributed by atoms with Crippen LogP contribution in [-0.2, 0) is 14.3 Å². The first kappa shape index (κ1) is 66.9. The summed E-state index contributed by atoms with van der Waals surface area (Å²) in [6.07, 6.45) is 63.2. The second-order valence-corrected chi connectivity index (χ2v) is 20.8. The fourth-order valence-electron chi connectivity index (χ4n) is 9.28. The maximum Gasteiger partial charge on any atom is 0.220 e. The molecule has 0 saturated carbocycles. The van der Waals surface area contributed by atoms with E-state index in [9.17, 15) is 30.3 Å². The molecule has 0 aromatic rings. The third-order valence-electron chi connectivity index (χ3n) is 14.0. The number of aliphatic hydroxyl groups excluding tert-OH is 5. The molecule has 7 atom stereocenters. The zero-order valence-corrected chi connectivity index (χ0v) is 46.0. The van der Waals surface area contributed by atoms with E-state index in [4.69, 9.17) is 9.47 Å². The van der Waals surface area contributed by atoms with E-state index in [2.05, 4.69) is 67.8 Å². The van der Waals surface area contributed by atoms with Crippen molar-refractivity contribution >= 4 is 5.91 Å². The monoisotopic (exact) mass is 1000 g/mol. The van der Waals surface area contributed by atoms with E-state index >= 15 is 0 Å². The Kier molecular flexibility index (Phi) is 48.4. The second kappa shape index (κ2) is 51.4. The second-order valence-electron chi connectivity index (χ2n) is 20.8. The topological polar surface area (TPSA) is 149 Å². The van der Waals surface area contributed by atoms with Gasteiger partial charge in [0.2, 0.25) is 5.91 Å². The number of aliphatic hydroxyl groups is 5. The molecule has 1 heterocycles. The van der Waals surface area contributed by atoms with Crippen LogP contribution < -0.4 is 5.32 Å². The van der Waals surface area contributed by atoms with Crippen molar-refractivity contribution in [1.29, 1.82) is 0 Å². The van der Waals surface area contributed by atoms with Crippen LogP contribution in [0.25, 0.3) is 0 Å². The summed E-state index contributed by atoms with van der Waals surface area (Å²) in [6.45, 7) is 3.73. The molecule has 71 heavy (non-hydrogen) atoms. The minimum atomic E-state index is -1.58. The van der Waals surface area contributed by atoms with E-state index in [1.54, 1.807) is 6.08 Å². The van der Waals surface area contributed by atoms with Crippen LogP contribution in [0.15, 0.2) is 60.8 Å². The van der Waals surface area contributed by atoms with Gasteiger partial charge in [-0.1, -0.05) is 248 Å². The number of hydrogen-bond donors (Lipinski definition) is 6. The number of amides is 1. The Hall–Kier alpha value is -2.11. The van der Waals surface area contributed by atoms with Gasteiger partial charge in [-0.3, -0.25) is 4.79 Å². The molecule has 0 aromatic heterocycles. The molecule has 0 radical (unpaired) electrons. The summed E-state index contributed by atoms with van der Waals surface area (Å²) in [6, 6.07) is -0.828. The Bertz CT molecular complexity index is 1300. The predicted octanol–water partition coefficient (Wildman–Crippen LogP) is 15.1. The van der Waals surface area contributed by atoms with Gasteiger partial charge >= 0.3 is 0 Å². The first-order chi connectivity index (χ1) is 34.8. The summed E-state index contributed by atoms with van der Waals surface area (Å²) in [5.74, 6) is -0.191. The lowest BCUT2D eigenvalue weighted by atomic mass is 9.99. The van der Waals surface area contributed by atoms with Crippen LogP contribution in [0.2, 0.25) is 0 Å². The predicted molar refractivity (Wildman–Crippen MR) is 299 cm³/mol. The van der Waals surface area contributed by atoms with Gasteiger partial charge in [0, 0.05) is 6.42 Å². The average molecular weight is 1000 g/mol. The third kappa shape index (κ3) is 40.9. The number of unbranched alkanes of at least 4 members (excludes halogenated alkanes) is 33. The highest BCUT2D eigenvalue weighted by molar-refractivity contribution is 5.76. The van der Waals surface area contributed by atoms with Crippen molar-refractivity contribution in [2.24, 2.45) is 0 Å². The Morgan fingerprint density at radius 1 is 0.479 bits per heavy atom. The van der Waals surface area contributed by atoms with Crippen molar-refractivity contribution in [2.75, 3.05) is 13.2 Å². The van der Waals surface area contributed by atoms with Crippen molar-refractivity contribution in [1.82, 2.24) is 5.32 Å². The first-order valence-electron chi connectivity index (χ1n) is 30.0. The molecule has 0 spiro atoms. The Labute approximate surface area is 436 Å². The summed E-state index contributed by atoms with van der Waals surface area (Å²) >= 11 is 0. The molecule has 1 fully saturated rings. The maximum atomic E-state index is 13.0.